The van der Waals surface area contributed by atoms with Gasteiger partial charge in [-0.15, -0.1) is 0 Å². The van der Waals surface area contributed by atoms with Crippen LogP contribution in [0.25, 0.3) is 11.3 Å². The monoisotopic (exact) mass is 775 g/mol. The van der Waals surface area contributed by atoms with E-state index in [0.29, 0.717) is 30.0 Å². The third-order valence-corrected chi connectivity index (χ3v) is 9.90. The minimum absolute atomic E-state index is 0.173. The van der Waals surface area contributed by atoms with E-state index in [1.165, 1.54) is 30.5 Å². The first-order chi connectivity index (χ1) is 26.3. The second-order valence-corrected chi connectivity index (χ2v) is 15.1. The molecule has 2 aliphatic heterocycles. The number of anilines is 2. The fourth-order valence-electron chi connectivity index (χ4n) is 6.61. The first-order valence-electron chi connectivity index (χ1n) is 18.4. The Labute approximate surface area is 324 Å². The van der Waals surface area contributed by atoms with Gasteiger partial charge in [0.25, 0.3) is 5.91 Å². The standard InChI is InChI=1S/C39H47ClFN9O5/c1-39(2,3)55-38(53)49-21-19-48(20-22-49)16-6-15-47-17-13-29(14-18-47)50-25-26(23-44-50)32-24-43-35(42)33(46-32)37(52)54-34(30-7-4-5-8-31(30)40)36(51)45-28-11-9-27(41)10-12-28/h4-5,7-12,23-25,29,34H,6,13-22H2,1-3H3,(H2,42,43)(H,45,51)/t34-/m1/s1. The molecule has 0 bridgehead atoms. The number of carbonyl (C=O) groups is 3. The number of likely N-dealkylation sites (tertiary alicyclic amines) is 1. The molecule has 2 fully saturated rings. The number of halogens is 2. The zero-order valence-electron chi connectivity index (χ0n) is 31.3. The largest absolute Gasteiger partial charge is 0.444 e. The van der Waals surface area contributed by atoms with Crippen LogP contribution in [0.2, 0.25) is 5.02 Å². The van der Waals surface area contributed by atoms with Gasteiger partial charge in [-0.3, -0.25) is 14.4 Å². The second kappa shape index (κ2) is 17.6. The van der Waals surface area contributed by atoms with Crippen molar-refractivity contribution >= 4 is 41.1 Å². The Morgan fingerprint density at radius 2 is 1.64 bits per heavy atom. The third kappa shape index (κ3) is 10.6. The zero-order valence-corrected chi connectivity index (χ0v) is 32.0. The number of hydrogen-bond acceptors (Lipinski definition) is 11. The minimum Gasteiger partial charge on any atom is -0.444 e. The molecule has 2 aromatic carbocycles. The fourth-order valence-corrected chi connectivity index (χ4v) is 6.85. The molecule has 0 saturated carbocycles. The summed E-state index contributed by atoms with van der Waals surface area (Å²) in [4.78, 5) is 54.7. The summed E-state index contributed by atoms with van der Waals surface area (Å²) in [5.41, 5.74) is 6.88. The average Bonchev–Trinajstić information content (AvgIpc) is 3.66. The van der Waals surface area contributed by atoms with E-state index in [4.69, 9.17) is 26.8 Å². The fraction of sp³-hybridized carbons (Fsp3) is 0.436. The Hall–Kier alpha value is -5.12. The highest BCUT2D eigenvalue weighted by molar-refractivity contribution is 6.31. The van der Waals surface area contributed by atoms with Crippen molar-refractivity contribution in [2.24, 2.45) is 0 Å². The van der Waals surface area contributed by atoms with Gasteiger partial charge < -0.3 is 30.3 Å². The number of amides is 2. The summed E-state index contributed by atoms with van der Waals surface area (Å²) >= 11 is 6.40. The quantitative estimate of drug-likeness (QED) is 0.177. The Morgan fingerprint density at radius 1 is 0.964 bits per heavy atom. The van der Waals surface area contributed by atoms with Gasteiger partial charge >= 0.3 is 12.1 Å². The van der Waals surface area contributed by atoms with E-state index >= 15 is 0 Å². The van der Waals surface area contributed by atoms with Crippen LogP contribution in [0.15, 0.2) is 67.1 Å². The molecule has 3 N–H and O–H groups in total. The first-order valence-corrected chi connectivity index (χ1v) is 18.8. The van der Waals surface area contributed by atoms with Crippen molar-refractivity contribution in [3.05, 3.63) is 89.2 Å². The van der Waals surface area contributed by atoms with Crippen LogP contribution < -0.4 is 11.1 Å². The number of carbonyl (C=O) groups excluding carboxylic acids is 3. The first kappa shape index (κ1) is 39.6. The van der Waals surface area contributed by atoms with E-state index in [1.54, 1.807) is 35.4 Å². The molecule has 4 heterocycles. The van der Waals surface area contributed by atoms with E-state index in [9.17, 15) is 18.8 Å². The maximum atomic E-state index is 13.5. The Morgan fingerprint density at radius 3 is 2.31 bits per heavy atom. The molecule has 1 atom stereocenters. The Kier molecular flexibility index (Phi) is 12.6. The van der Waals surface area contributed by atoms with Gasteiger partial charge in [0.2, 0.25) is 6.10 Å². The van der Waals surface area contributed by atoms with Crippen LogP contribution in [0, 0.1) is 5.82 Å². The third-order valence-electron chi connectivity index (χ3n) is 9.56. The number of piperazine rings is 1. The summed E-state index contributed by atoms with van der Waals surface area (Å²) in [6, 6.07) is 11.8. The van der Waals surface area contributed by atoms with E-state index in [0.717, 1.165) is 58.5 Å². The lowest BCUT2D eigenvalue weighted by Gasteiger charge is -2.36. The molecule has 6 rings (SSSR count). The molecule has 292 valence electrons. The van der Waals surface area contributed by atoms with Gasteiger partial charge in [0.05, 0.1) is 24.1 Å². The molecule has 0 aliphatic carbocycles. The van der Waals surface area contributed by atoms with Crippen LogP contribution >= 0.6 is 11.6 Å². The van der Waals surface area contributed by atoms with Crippen LogP contribution in [0.5, 0.6) is 0 Å². The number of nitrogens with zero attached hydrogens (tertiary/aromatic N) is 7. The van der Waals surface area contributed by atoms with Gasteiger partial charge in [-0.1, -0.05) is 29.8 Å². The molecule has 4 aromatic rings. The number of rotatable bonds is 11. The van der Waals surface area contributed by atoms with Crippen molar-refractivity contribution in [3.8, 4) is 11.3 Å². The molecule has 55 heavy (non-hydrogen) atoms. The van der Waals surface area contributed by atoms with Crippen molar-refractivity contribution < 1.29 is 28.2 Å². The molecular weight excluding hydrogens is 729 g/mol. The zero-order chi connectivity index (χ0) is 39.1. The van der Waals surface area contributed by atoms with Crippen molar-refractivity contribution in [1.82, 2.24) is 34.4 Å². The van der Waals surface area contributed by atoms with Crippen molar-refractivity contribution in [1.29, 1.82) is 0 Å². The normalized spacial score (nSPS) is 16.4. The van der Waals surface area contributed by atoms with Crippen LogP contribution in [-0.4, -0.2) is 110 Å². The lowest BCUT2D eigenvalue weighted by molar-refractivity contribution is -0.125. The number of nitrogens with one attached hydrogen (secondary N) is 1. The predicted molar refractivity (Wildman–Crippen MR) is 206 cm³/mol. The number of nitrogens with two attached hydrogens (primary N) is 1. The number of nitrogen functional groups attached to an aromatic ring is 1. The Bertz CT molecular complexity index is 1960. The molecule has 2 aliphatic rings. The average molecular weight is 776 g/mol. The molecule has 0 unspecified atom stereocenters. The highest BCUT2D eigenvalue weighted by Crippen LogP contribution is 2.30. The van der Waals surface area contributed by atoms with E-state index in [-0.39, 0.29) is 34.2 Å². The molecule has 2 aromatic heterocycles. The Balaban J connectivity index is 1.02. The summed E-state index contributed by atoms with van der Waals surface area (Å²) in [6.07, 6.45) is 6.22. The number of benzene rings is 2. The molecule has 2 amide bonds. The second-order valence-electron chi connectivity index (χ2n) is 14.7. The van der Waals surface area contributed by atoms with E-state index < -0.39 is 29.4 Å². The van der Waals surface area contributed by atoms with E-state index in [2.05, 4.69) is 30.2 Å². The number of piperidine rings is 1. The number of hydrogen-bond donors (Lipinski definition) is 2. The number of esters is 1. The van der Waals surface area contributed by atoms with Gasteiger partial charge in [0.1, 0.15) is 11.4 Å². The molecule has 16 heteroatoms. The van der Waals surface area contributed by atoms with Crippen LogP contribution in [0.4, 0.5) is 20.7 Å². The van der Waals surface area contributed by atoms with Crippen LogP contribution in [0.1, 0.15) is 68.2 Å². The maximum Gasteiger partial charge on any atom is 0.410 e. The molecule has 14 nitrogen and oxygen atoms in total. The highest BCUT2D eigenvalue weighted by Gasteiger charge is 2.31. The van der Waals surface area contributed by atoms with Gasteiger partial charge in [-0.05, 0) is 83.5 Å². The lowest BCUT2D eigenvalue weighted by atomic mass is 10.1. The molecule has 0 radical (unpaired) electrons. The summed E-state index contributed by atoms with van der Waals surface area (Å²) in [7, 11) is 0. The van der Waals surface area contributed by atoms with Crippen molar-refractivity contribution in [2.75, 3.05) is 63.4 Å². The molecular formula is C39H47ClFN9O5. The van der Waals surface area contributed by atoms with Crippen LogP contribution in [-0.2, 0) is 14.3 Å². The van der Waals surface area contributed by atoms with Gasteiger partial charge in [0, 0.05) is 67.3 Å². The number of aromatic nitrogens is 4. The smallest absolute Gasteiger partial charge is 0.410 e. The summed E-state index contributed by atoms with van der Waals surface area (Å²) in [5.74, 6) is -2.33. The summed E-state index contributed by atoms with van der Waals surface area (Å²) < 4.78 is 26.6. The number of ether oxygens (including phenoxy) is 2. The topological polar surface area (TPSA) is 161 Å². The van der Waals surface area contributed by atoms with Crippen molar-refractivity contribution in [3.63, 3.8) is 0 Å². The lowest BCUT2D eigenvalue weighted by Crippen LogP contribution is -2.50. The SMILES string of the molecule is CC(C)(C)OC(=O)N1CCN(CCCN2CCC(n3cc(-c4cnc(N)c(C(=O)O[C@@H](C(=O)Nc5ccc(F)cc5)c5ccccc5Cl)n4)cn3)CC2)CC1. The highest BCUT2D eigenvalue weighted by atomic mass is 35.5. The maximum absolute atomic E-state index is 13.5. The summed E-state index contributed by atoms with van der Waals surface area (Å²) in [5, 5.41) is 7.45. The van der Waals surface area contributed by atoms with E-state index in [1.807, 2.05) is 31.6 Å². The van der Waals surface area contributed by atoms with Crippen LogP contribution in [0.3, 0.4) is 0 Å². The molecule has 0 spiro atoms. The van der Waals surface area contributed by atoms with Crippen molar-refractivity contribution in [2.45, 2.75) is 57.8 Å². The van der Waals surface area contributed by atoms with Gasteiger partial charge in [-0.2, -0.15) is 5.10 Å². The minimum atomic E-state index is -1.48. The predicted octanol–water partition coefficient (Wildman–Crippen LogP) is 5.83. The summed E-state index contributed by atoms with van der Waals surface area (Å²) in [6.45, 7) is 12.6. The van der Waals surface area contributed by atoms with Gasteiger partial charge in [-0.25, -0.2) is 23.9 Å². The molecule has 2 saturated heterocycles. The van der Waals surface area contributed by atoms with Gasteiger partial charge in [0.15, 0.2) is 11.5 Å².